The molecule has 4 heterocycles. The normalized spacial score (nSPS) is 12.1. The van der Waals surface area contributed by atoms with Gasteiger partial charge in [-0.2, -0.15) is 0 Å². The topological polar surface area (TPSA) is 27.2 Å². The third kappa shape index (κ3) is 3.30. The molecule has 4 nitrogen and oxygen atoms in total. The number of nitrogens with zero attached hydrogens (tertiary/aromatic N) is 4. The Labute approximate surface area is 256 Å². The molecule has 0 atom stereocenters. The summed E-state index contributed by atoms with van der Waals surface area (Å²) >= 11 is 1.74. The van der Waals surface area contributed by atoms with E-state index in [9.17, 15) is 0 Å². The maximum absolute atomic E-state index is 5.12. The molecule has 10 aromatic rings. The first-order valence-corrected chi connectivity index (χ1v) is 15.6. The molecule has 6 aromatic carbocycles. The van der Waals surface area contributed by atoms with E-state index in [1.165, 1.54) is 59.5 Å². The largest absolute Gasteiger partial charge is 0.309 e. The highest BCUT2D eigenvalue weighted by Crippen LogP contribution is 2.37. The Morgan fingerprint density at radius 2 is 0.977 bits per heavy atom. The van der Waals surface area contributed by atoms with Crippen LogP contribution in [-0.2, 0) is 0 Å². The molecule has 0 bridgehead atoms. The van der Waals surface area contributed by atoms with E-state index in [4.69, 9.17) is 4.98 Å². The predicted octanol–water partition coefficient (Wildman–Crippen LogP) is 10.4. The van der Waals surface area contributed by atoms with E-state index in [0.29, 0.717) is 0 Å². The maximum atomic E-state index is 5.12. The van der Waals surface area contributed by atoms with Gasteiger partial charge in [-0.3, -0.25) is 4.40 Å². The van der Waals surface area contributed by atoms with Crippen molar-refractivity contribution in [2.75, 3.05) is 0 Å². The fourth-order valence-corrected chi connectivity index (χ4v) is 8.01. The van der Waals surface area contributed by atoms with E-state index in [2.05, 4.69) is 159 Å². The summed E-state index contributed by atoms with van der Waals surface area (Å²) in [5.74, 6) is 0. The fourth-order valence-electron chi connectivity index (χ4n) is 6.97. The van der Waals surface area contributed by atoms with Crippen molar-refractivity contribution in [2.24, 2.45) is 0 Å². The Morgan fingerprint density at radius 3 is 1.55 bits per heavy atom. The van der Waals surface area contributed by atoms with Crippen molar-refractivity contribution >= 4 is 70.1 Å². The van der Waals surface area contributed by atoms with E-state index in [-0.39, 0.29) is 0 Å². The number of hydrogen-bond donors (Lipinski definition) is 0. The number of imidazole rings is 1. The van der Waals surface area contributed by atoms with Crippen LogP contribution < -0.4 is 0 Å². The smallest absolute Gasteiger partial charge is 0.195 e. The molecule has 4 aromatic heterocycles. The summed E-state index contributed by atoms with van der Waals surface area (Å²) in [7, 11) is 0. The van der Waals surface area contributed by atoms with Crippen molar-refractivity contribution in [3.63, 3.8) is 0 Å². The second kappa shape index (κ2) is 8.93. The van der Waals surface area contributed by atoms with Gasteiger partial charge in [-0.1, -0.05) is 96.3 Å². The van der Waals surface area contributed by atoms with Gasteiger partial charge in [0.05, 0.1) is 38.0 Å². The lowest BCUT2D eigenvalue weighted by Gasteiger charge is -2.09. The highest BCUT2D eigenvalue weighted by Gasteiger charge is 2.16. The first-order chi connectivity index (χ1) is 21.8. The minimum absolute atomic E-state index is 0.979. The van der Waals surface area contributed by atoms with E-state index in [1.54, 1.807) is 11.3 Å². The molecular formula is C39H24N4S. The molecule has 10 rings (SSSR count). The van der Waals surface area contributed by atoms with Gasteiger partial charge < -0.3 is 9.13 Å². The van der Waals surface area contributed by atoms with Gasteiger partial charge >= 0.3 is 0 Å². The molecule has 0 saturated carbocycles. The predicted molar refractivity (Wildman–Crippen MR) is 185 cm³/mol. The summed E-state index contributed by atoms with van der Waals surface area (Å²) < 4.78 is 8.19. The second-order valence-corrected chi connectivity index (χ2v) is 12.3. The number of thiazole rings is 1. The van der Waals surface area contributed by atoms with Crippen LogP contribution in [0.1, 0.15) is 0 Å². The molecule has 0 fully saturated rings. The lowest BCUT2D eigenvalue weighted by Crippen LogP contribution is -1.94. The molecule has 0 aliphatic carbocycles. The van der Waals surface area contributed by atoms with Gasteiger partial charge in [-0.15, -0.1) is 0 Å². The molecule has 0 saturated heterocycles. The van der Waals surface area contributed by atoms with Gasteiger partial charge in [0, 0.05) is 44.7 Å². The summed E-state index contributed by atoms with van der Waals surface area (Å²) in [5, 5.41) is 5.08. The van der Waals surface area contributed by atoms with Gasteiger partial charge in [0.15, 0.2) is 4.96 Å². The molecule has 206 valence electrons. The lowest BCUT2D eigenvalue weighted by molar-refractivity contribution is 1.18. The average molecular weight is 581 g/mol. The summed E-state index contributed by atoms with van der Waals surface area (Å²) in [6.07, 6.45) is 2.18. The third-order valence-electron chi connectivity index (χ3n) is 8.90. The van der Waals surface area contributed by atoms with E-state index < -0.39 is 0 Å². The fraction of sp³-hybridized carbons (Fsp3) is 0. The molecule has 0 aliphatic heterocycles. The molecule has 5 heteroatoms. The molecule has 0 unspecified atom stereocenters. The number of hydrogen-bond acceptors (Lipinski definition) is 2. The molecule has 0 N–H and O–H groups in total. The van der Waals surface area contributed by atoms with E-state index in [1.807, 2.05) is 0 Å². The zero-order valence-corrected chi connectivity index (χ0v) is 24.4. The van der Waals surface area contributed by atoms with Crippen LogP contribution in [0.15, 0.2) is 146 Å². The molecule has 44 heavy (non-hydrogen) atoms. The number of para-hydroxylation sites is 4. The standard InChI is InChI=1S/C39H24N4S/c1-5-16-33-28(12-1)29-13-2-6-17-34(29)42(33)26-11-9-10-25(22-26)32-24-41-37-21-20-27(23-38(37)44-39(41)40-32)43-35-18-7-3-14-30(35)31-15-4-8-19-36(31)43/h1-24H. The molecule has 0 amide bonds. The van der Waals surface area contributed by atoms with Crippen LogP contribution in [0.25, 0.3) is 81.4 Å². The highest BCUT2D eigenvalue weighted by atomic mass is 32.1. The van der Waals surface area contributed by atoms with Gasteiger partial charge in [0.25, 0.3) is 0 Å². The van der Waals surface area contributed by atoms with Gasteiger partial charge in [-0.05, 0) is 54.6 Å². The Bertz CT molecular complexity index is 2630. The van der Waals surface area contributed by atoms with Gasteiger partial charge in [-0.25, -0.2) is 4.98 Å². The average Bonchev–Trinajstić information content (AvgIpc) is 3.82. The molecular weight excluding hydrogens is 557 g/mol. The summed E-state index contributed by atoms with van der Waals surface area (Å²) in [6, 6.07) is 50.1. The van der Waals surface area contributed by atoms with Crippen molar-refractivity contribution in [3.8, 4) is 22.6 Å². The van der Waals surface area contributed by atoms with Gasteiger partial charge in [0.1, 0.15) is 0 Å². The minimum Gasteiger partial charge on any atom is -0.309 e. The second-order valence-electron chi connectivity index (χ2n) is 11.3. The van der Waals surface area contributed by atoms with Gasteiger partial charge in [0.2, 0.25) is 0 Å². The Morgan fingerprint density at radius 1 is 0.455 bits per heavy atom. The first-order valence-electron chi connectivity index (χ1n) is 14.8. The van der Waals surface area contributed by atoms with Crippen molar-refractivity contribution < 1.29 is 0 Å². The van der Waals surface area contributed by atoms with Crippen LogP contribution in [0, 0.1) is 0 Å². The minimum atomic E-state index is 0.979. The van der Waals surface area contributed by atoms with Crippen LogP contribution in [0.5, 0.6) is 0 Å². The van der Waals surface area contributed by atoms with E-state index in [0.717, 1.165) is 21.9 Å². The highest BCUT2D eigenvalue weighted by molar-refractivity contribution is 7.23. The lowest BCUT2D eigenvalue weighted by atomic mass is 10.1. The monoisotopic (exact) mass is 580 g/mol. The molecule has 0 spiro atoms. The zero-order valence-electron chi connectivity index (χ0n) is 23.6. The summed E-state index contributed by atoms with van der Waals surface area (Å²) in [6.45, 7) is 0. The number of fused-ring (bicyclic) bond motifs is 9. The van der Waals surface area contributed by atoms with Crippen molar-refractivity contribution in [3.05, 3.63) is 146 Å². The van der Waals surface area contributed by atoms with Crippen molar-refractivity contribution in [1.82, 2.24) is 18.5 Å². The number of benzene rings is 6. The number of aromatic nitrogens is 4. The Hall–Kier alpha value is -5.65. The van der Waals surface area contributed by atoms with Crippen LogP contribution in [0.3, 0.4) is 0 Å². The third-order valence-corrected chi connectivity index (χ3v) is 9.91. The summed E-state index contributed by atoms with van der Waals surface area (Å²) in [5.41, 5.74) is 10.4. The van der Waals surface area contributed by atoms with Crippen LogP contribution in [-0.4, -0.2) is 18.5 Å². The Kier molecular flexibility index (Phi) is 4.84. The first kappa shape index (κ1) is 23.9. The Balaban J connectivity index is 1.10. The van der Waals surface area contributed by atoms with Crippen LogP contribution in [0.4, 0.5) is 0 Å². The molecule has 0 radical (unpaired) electrons. The van der Waals surface area contributed by atoms with Crippen molar-refractivity contribution in [2.45, 2.75) is 0 Å². The van der Waals surface area contributed by atoms with Crippen molar-refractivity contribution in [1.29, 1.82) is 0 Å². The zero-order chi connectivity index (χ0) is 28.8. The quantitative estimate of drug-likeness (QED) is 0.204. The van der Waals surface area contributed by atoms with Crippen LogP contribution in [0.2, 0.25) is 0 Å². The SMILES string of the molecule is c1cc(-c2cn3c(n2)sc2cc(-n4c5ccccc5c5ccccc54)ccc23)cc(-n2c3ccccc3c3ccccc32)c1. The summed E-state index contributed by atoms with van der Waals surface area (Å²) in [4.78, 5) is 6.12. The van der Waals surface area contributed by atoms with Crippen LogP contribution >= 0.6 is 11.3 Å². The molecule has 0 aliphatic rings. The number of rotatable bonds is 3. The maximum Gasteiger partial charge on any atom is 0.195 e. The van der Waals surface area contributed by atoms with E-state index >= 15 is 0 Å².